The quantitative estimate of drug-likeness (QED) is 0.349. The van der Waals surface area contributed by atoms with E-state index in [-0.39, 0.29) is 11.9 Å². The molecule has 124 valence electrons. The Labute approximate surface area is 127 Å². The van der Waals surface area contributed by atoms with Gasteiger partial charge in [-0.05, 0) is 59.3 Å². The van der Waals surface area contributed by atoms with Crippen molar-refractivity contribution in [3.8, 4) is 0 Å². The molecule has 0 unspecified atom stereocenters. The second-order valence-electron chi connectivity index (χ2n) is 5.51. The van der Waals surface area contributed by atoms with E-state index in [0.717, 1.165) is 25.7 Å². The van der Waals surface area contributed by atoms with Gasteiger partial charge in [-0.25, -0.2) is 0 Å². The van der Waals surface area contributed by atoms with Crippen LogP contribution in [0.3, 0.4) is 0 Å². The fourth-order valence-electron chi connectivity index (χ4n) is 2.15. The van der Waals surface area contributed by atoms with Crippen LogP contribution in [0.25, 0.3) is 0 Å². The molecule has 2 amide bonds. The predicted molar refractivity (Wildman–Crippen MR) is 84.4 cm³/mol. The van der Waals surface area contributed by atoms with E-state index in [1.54, 1.807) is 0 Å². The number of primary amides is 1. The maximum atomic E-state index is 12.3. The van der Waals surface area contributed by atoms with Crippen LogP contribution >= 0.6 is 0 Å². The second kappa shape index (κ2) is 11.5. The Morgan fingerprint density at radius 3 is 1.95 bits per heavy atom. The van der Waals surface area contributed by atoms with Gasteiger partial charge in [0.05, 0.1) is 6.04 Å². The SMILES string of the molecule is CN(C)[C@@H](CCCCN)C(=O)N[C@@H](CCCCN)C(N)=O. The van der Waals surface area contributed by atoms with Gasteiger partial charge in [-0.15, -0.1) is 0 Å². The molecule has 0 spiro atoms. The third-order valence-corrected chi connectivity index (χ3v) is 3.46. The molecule has 0 aliphatic heterocycles. The van der Waals surface area contributed by atoms with Crippen LogP contribution < -0.4 is 22.5 Å². The highest BCUT2D eigenvalue weighted by atomic mass is 16.2. The molecule has 0 aromatic rings. The average molecular weight is 301 g/mol. The molecule has 0 bridgehead atoms. The van der Waals surface area contributed by atoms with Crippen molar-refractivity contribution < 1.29 is 9.59 Å². The molecular weight excluding hydrogens is 270 g/mol. The summed E-state index contributed by atoms with van der Waals surface area (Å²) in [5, 5.41) is 2.76. The van der Waals surface area contributed by atoms with E-state index in [1.165, 1.54) is 0 Å². The number of hydrogen-bond acceptors (Lipinski definition) is 5. The van der Waals surface area contributed by atoms with Crippen molar-refractivity contribution in [2.24, 2.45) is 17.2 Å². The molecule has 0 aromatic carbocycles. The van der Waals surface area contributed by atoms with Crippen molar-refractivity contribution in [2.75, 3.05) is 27.2 Å². The monoisotopic (exact) mass is 301 g/mol. The number of unbranched alkanes of at least 4 members (excludes halogenated alkanes) is 2. The molecule has 0 aromatic heterocycles. The summed E-state index contributed by atoms with van der Waals surface area (Å²) in [6.45, 7) is 1.18. The molecule has 7 heteroatoms. The number of likely N-dealkylation sites (N-methyl/N-ethyl adjacent to an activating group) is 1. The van der Waals surface area contributed by atoms with Crippen molar-refractivity contribution in [3.63, 3.8) is 0 Å². The fraction of sp³-hybridized carbons (Fsp3) is 0.857. The van der Waals surface area contributed by atoms with Gasteiger partial charge < -0.3 is 22.5 Å². The van der Waals surface area contributed by atoms with Crippen LogP contribution in [-0.4, -0.2) is 56.0 Å². The largest absolute Gasteiger partial charge is 0.368 e. The summed E-state index contributed by atoms with van der Waals surface area (Å²) in [6, 6.07) is -0.895. The number of carbonyl (C=O) groups excluding carboxylic acids is 2. The van der Waals surface area contributed by atoms with Gasteiger partial charge in [-0.2, -0.15) is 0 Å². The average Bonchev–Trinajstić information content (AvgIpc) is 2.41. The molecule has 21 heavy (non-hydrogen) atoms. The van der Waals surface area contributed by atoms with Crippen molar-refractivity contribution in [1.82, 2.24) is 10.2 Å². The first-order chi connectivity index (χ1) is 9.93. The number of hydrogen-bond donors (Lipinski definition) is 4. The zero-order valence-corrected chi connectivity index (χ0v) is 13.3. The highest BCUT2D eigenvalue weighted by Crippen LogP contribution is 2.08. The van der Waals surface area contributed by atoms with Crippen molar-refractivity contribution in [3.05, 3.63) is 0 Å². The summed E-state index contributed by atoms with van der Waals surface area (Å²) in [4.78, 5) is 25.6. The number of nitrogens with two attached hydrogens (primary N) is 3. The van der Waals surface area contributed by atoms with E-state index in [1.807, 2.05) is 19.0 Å². The lowest BCUT2D eigenvalue weighted by molar-refractivity contribution is -0.130. The molecule has 0 rings (SSSR count). The van der Waals surface area contributed by atoms with Crippen LogP contribution in [0.5, 0.6) is 0 Å². The molecule has 7 N–H and O–H groups in total. The highest BCUT2D eigenvalue weighted by Gasteiger charge is 2.25. The first kappa shape index (κ1) is 19.8. The van der Waals surface area contributed by atoms with Crippen LogP contribution in [0.15, 0.2) is 0 Å². The molecule has 0 aliphatic carbocycles. The minimum absolute atomic E-state index is 0.159. The smallest absolute Gasteiger partial charge is 0.240 e. The van der Waals surface area contributed by atoms with Gasteiger partial charge in [0, 0.05) is 0 Å². The maximum absolute atomic E-state index is 12.3. The number of nitrogens with one attached hydrogen (secondary N) is 1. The zero-order valence-electron chi connectivity index (χ0n) is 13.3. The maximum Gasteiger partial charge on any atom is 0.240 e. The van der Waals surface area contributed by atoms with Crippen LogP contribution in [-0.2, 0) is 9.59 Å². The molecule has 0 saturated carbocycles. The van der Waals surface area contributed by atoms with Crippen LogP contribution in [0.4, 0.5) is 0 Å². The summed E-state index contributed by atoms with van der Waals surface area (Å²) in [7, 11) is 3.70. The van der Waals surface area contributed by atoms with Gasteiger partial charge in [0.25, 0.3) is 0 Å². The Kier molecular flexibility index (Phi) is 10.8. The summed E-state index contributed by atoms with van der Waals surface area (Å²) < 4.78 is 0. The minimum atomic E-state index is -0.624. The molecule has 0 aliphatic rings. The summed E-state index contributed by atoms with van der Waals surface area (Å²) in [6.07, 6.45) is 4.58. The van der Waals surface area contributed by atoms with Crippen molar-refractivity contribution in [2.45, 2.75) is 50.6 Å². The lowest BCUT2D eigenvalue weighted by atomic mass is 10.1. The van der Waals surface area contributed by atoms with Gasteiger partial charge in [-0.1, -0.05) is 6.42 Å². The van der Waals surface area contributed by atoms with Gasteiger partial charge in [0.1, 0.15) is 6.04 Å². The Hall–Kier alpha value is -1.18. The number of nitrogens with zero attached hydrogens (tertiary/aromatic N) is 1. The summed E-state index contributed by atoms with van der Waals surface area (Å²) >= 11 is 0. The third-order valence-electron chi connectivity index (χ3n) is 3.46. The van der Waals surface area contributed by atoms with Gasteiger partial charge >= 0.3 is 0 Å². The highest BCUT2D eigenvalue weighted by molar-refractivity contribution is 5.88. The lowest BCUT2D eigenvalue weighted by Gasteiger charge is -2.25. The topological polar surface area (TPSA) is 127 Å². The Bertz CT molecular complexity index is 310. The van der Waals surface area contributed by atoms with E-state index in [0.29, 0.717) is 25.9 Å². The standard InChI is InChI=1S/C14H31N5O2/c1-19(2)12(8-4-6-10-16)14(21)18-11(13(17)20)7-3-5-9-15/h11-12H,3-10,15-16H2,1-2H3,(H2,17,20)(H,18,21)/t11-,12-/m0/s1. The van der Waals surface area contributed by atoms with Crippen LogP contribution in [0.1, 0.15) is 38.5 Å². The summed E-state index contributed by atoms with van der Waals surface area (Å²) in [5.41, 5.74) is 16.2. The minimum Gasteiger partial charge on any atom is -0.368 e. The zero-order chi connectivity index (χ0) is 16.3. The van der Waals surface area contributed by atoms with Crippen LogP contribution in [0.2, 0.25) is 0 Å². The van der Waals surface area contributed by atoms with E-state index in [2.05, 4.69) is 5.32 Å². The molecule has 0 saturated heterocycles. The molecular formula is C14H31N5O2. The molecule has 0 heterocycles. The Morgan fingerprint density at radius 1 is 1.00 bits per heavy atom. The Balaban J connectivity index is 4.49. The van der Waals surface area contributed by atoms with E-state index in [9.17, 15) is 9.59 Å². The van der Waals surface area contributed by atoms with E-state index in [4.69, 9.17) is 17.2 Å². The predicted octanol–water partition coefficient (Wildman–Crippen LogP) is -0.855. The molecule has 2 atom stereocenters. The number of carbonyl (C=O) groups is 2. The third kappa shape index (κ3) is 8.64. The lowest BCUT2D eigenvalue weighted by Crippen LogP contribution is -2.51. The van der Waals surface area contributed by atoms with Gasteiger partial charge in [-0.3, -0.25) is 14.5 Å². The van der Waals surface area contributed by atoms with E-state index < -0.39 is 11.9 Å². The first-order valence-electron chi connectivity index (χ1n) is 7.60. The van der Waals surface area contributed by atoms with E-state index >= 15 is 0 Å². The number of rotatable bonds is 12. The van der Waals surface area contributed by atoms with Gasteiger partial charge in [0.15, 0.2) is 0 Å². The second-order valence-corrected chi connectivity index (χ2v) is 5.51. The normalized spacial score (nSPS) is 14.0. The van der Waals surface area contributed by atoms with Crippen molar-refractivity contribution in [1.29, 1.82) is 0 Å². The molecule has 0 radical (unpaired) electrons. The summed E-state index contributed by atoms with van der Waals surface area (Å²) in [5.74, 6) is -0.659. The van der Waals surface area contributed by atoms with Gasteiger partial charge in [0.2, 0.25) is 11.8 Å². The van der Waals surface area contributed by atoms with Crippen LogP contribution in [0, 0.1) is 0 Å². The molecule has 7 nitrogen and oxygen atoms in total. The Morgan fingerprint density at radius 2 is 1.52 bits per heavy atom. The first-order valence-corrected chi connectivity index (χ1v) is 7.60. The van der Waals surface area contributed by atoms with Crippen molar-refractivity contribution >= 4 is 11.8 Å². The number of amides is 2. The fourth-order valence-corrected chi connectivity index (χ4v) is 2.15. The molecule has 0 fully saturated rings.